The van der Waals surface area contributed by atoms with E-state index in [1.54, 1.807) is 6.07 Å². The predicted molar refractivity (Wildman–Crippen MR) is 58.0 cm³/mol. The third kappa shape index (κ3) is 2.91. The van der Waals surface area contributed by atoms with Crippen molar-refractivity contribution in [2.45, 2.75) is 12.3 Å². The van der Waals surface area contributed by atoms with Crippen LogP contribution < -0.4 is 5.32 Å². The molecule has 6 heteroatoms. The molecule has 0 bridgehead atoms. The highest BCUT2D eigenvalue weighted by Crippen LogP contribution is 2.36. The van der Waals surface area contributed by atoms with Crippen molar-refractivity contribution in [3.8, 4) is 0 Å². The zero-order valence-electron chi connectivity index (χ0n) is 8.85. The molecule has 1 fully saturated rings. The van der Waals surface area contributed by atoms with Crippen molar-refractivity contribution >= 4 is 11.6 Å². The predicted octanol–water partition coefficient (Wildman–Crippen LogP) is 3.02. The van der Waals surface area contributed by atoms with Gasteiger partial charge in [-0.25, -0.2) is 0 Å². The summed E-state index contributed by atoms with van der Waals surface area (Å²) in [6, 6.07) is 3.88. The molecule has 0 saturated carbocycles. The van der Waals surface area contributed by atoms with Crippen molar-refractivity contribution in [3.05, 3.63) is 34.3 Å². The molecular formula is C11H11ClF3NO. The number of ether oxygens (including phenoxy) is 1. The summed E-state index contributed by atoms with van der Waals surface area (Å²) in [5.74, 6) is 0. The highest BCUT2D eigenvalue weighted by atomic mass is 35.5. The fraction of sp³-hybridized carbons (Fsp3) is 0.455. The SMILES string of the molecule is FC(F)(F)c1cc(C2CNCCO2)ccc1Cl. The number of nitrogens with one attached hydrogen (secondary N) is 1. The van der Waals surface area contributed by atoms with Crippen LogP contribution in [0.4, 0.5) is 13.2 Å². The fourth-order valence-electron chi connectivity index (χ4n) is 1.74. The zero-order valence-corrected chi connectivity index (χ0v) is 9.61. The standard InChI is InChI=1S/C11H11ClF3NO/c12-9-2-1-7(5-8(9)11(13,14)15)10-6-16-3-4-17-10/h1-2,5,10,16H,3-4,6H2. The summed E-state index contributed by atoms with van der Waals surface area (Å²) in [5.41, 5.74) is -0.320. The van der Waals surface area contributed by atoms with E-state index in [1.165, 1.54) is 6.07 Å². The monoisotopic (exact) mass is 265 g/mol. The number of benzene rings is 1. The molecule has 0 aliphatic carbocycles. The molecule has 2 rings (SSSR count). The van der Waals surface area contributed by atoms with Crippen LogP contribution in [0.5, 0.6) is 0 Å². The molecule has 1 unspecified atom stereocenters. The molecular weight excluding hydrogens is 255 g/mol. The molecule has 1 aromatic carbocycles. The molecule has 0 radical (unpaired) electrons. The van der Waals surface area contributed by atoms with Gasteiger partial charge in [0, 0.05) is 13.1 Å². The van der Waals surface area contributed by atoms with E-state index in [2.05, 4.69) is 5.32 Å². The average molecular weight is 266 g/mol. The first-order valence-electron chi connectivity index (χ1n) is 5.17. The number of hydrogen-bond acceptors (Lipinski definition) is 2. The van der Waals surface area contributed by atoms with Gasteiger partial charge in [-0.05, 0) is 17.7 Å². The van der Waals surface area contributed by atoms with Crippen LogP contribution in [0.2, 0.25) is 5.02 Å². The molecule has 1 saturated heterocycles. The molecule has 0 aromatic heterocycles. The first-order chi connectivity index (χ1) is 7.98. The maximum Gasteiger partial charge on any atom is 0.417 e. The molecule has 94 valence electrons. The van der Waals surface area contributed by atoms with Crippen molar-refractivity contribution in [3.63, 3.8) is 0 Å². The zero-order chi connectivity index (χ0) is 12.5. The summed E-state index contributed by atoms with van der Waals surface area (Å²) in [6.45, 7) is 1.73. The van der Waals surface area contributed by atoms with Gasteiger partial charge in [0.05, 0.1) is 23.3 Å². The number of hydrogen-bond donors (Lipinski definition) is 1. The normalized spacial score (nSPS) is 21.5. The molecule has 2 nitrogen and oxygen atoms in total. The number of morpholine rings is 1. The van der Waals surface area contributed by atoms with Crippen LogP contribution in [-0.2, 0) is 10.9 Å². The molecule has 1 aliphatic rings. The minimum absolute atomic E-state index is 0.287. The Balaban J connectivity index is 2.30. The van der Waals surface area contributed by atoms with Crippen LogP contribution in [0.1, 0.15) is 17.2 Å². The first-order valence-corrected chi connectivity index (χ1v) is 5.55. The largest absolute Gasteiger partial charge is 0.417 e. The van der Waals surface area contributed by atoms with Crippen LogP contribution in [0.15, 0.2) is 18.2 Å². The summed E-state index contributed by atoms with van der Waals surface area (Å²) in [7, 11) is 0. The smallest absolute Gasteiger partial charge is 0.371 e. The van der Waals surface area contributed by atoms with Gasteiger partial charge in [0.2, 0.25) is 0 Å². The average Bonchev–Trinajstić information content (AvgIpc) is 2.29. The van der Waals surface area contributed by atoms with Crippen LogP contribution in [-0.4, -0.2) is 19.7 Å². The first kappa shape index (κ1) is 12.7. The van der Waals surface area contributed by atoms with Gasteiger partial charge in [0.25, 0.3) is 0 Å². The summed E-state index contributed by atoms with van der Waals surface area (Å²) in [4.78, 5) is 0. The van der Waals surface area contributed by atoms with E-state index >= 15 is 0 Å². The van der Waals surface area contributed by atoms with E-state index in [-0.39, 0.29) is 11.1 Å². The lowest BCUT2D eigenvalue weighted by molar-refractivity contribution is -0.137. The van der Waals surface area contributed by atoms with Gasteiger partial charge in [-0.2, -0.15) is 13.2 Å². The van der Waals surface area contributed by atoms with Crippen LogP contribution >= 0.6 is 11.6 Å². The third-order valence-electron chi connectivity index (χ3n) is 2.60. The molecule has 1 N–H and O–H groups in total. The second kappa shape index (κ2) is 4.84. The molecule has 17 heavy (non-hydrogen) atoms. The minimum atomic E-state index is -4.44. The van der Waals surface area contributed by atoms with Gasteiger partial charge < -0.3 is 10.1 Å². The lowest BCUT2D eigenvalue weighted by atomic mass is 10.0. The number of halogens is 4. The third-order valence-corrected chi connectivity index (χ3v) is 2.92. The van der Waals surface area contributed by atoms with Crippen molar-refractivity contribution in [1.29, 1.82) is 0 Å². The highest BCUT2D eigenvalue weighted by Gasteiger charge is 2.34. The molecule has 1 atom stereocenters. The van der Waals surface area contributed by atoms with Gasteiger partial charge in [-0.15, -0.1) is 0 Å². The Hall–Kier alpha value is -0.780. The van der Waals surface area contributed by atoms with Crippen molar-refractivity contribution in [1.82, 2.24) is 5.32 Å². The molecule has 1 aliphatic heterocycles. The molecule has 0 amide bonds. The summed E-state index contributed by atoms with van der Waals surface area (Å²) in [5, 5.41) is 2.78. The molecule has 1 heterocycles. The van der Waals surface area contributed by atoms with Gasteiger partial charge in [-0.3, -0.25) is 0 Å². The van der Waals surface area contributed by atoms with Crippen LogP contribution in [0.25, 0.3) is 0 Å². The van der Waals surface area contributed by atoms with Crippen LogP contribution in [0.3, 0.4) is 0 Å². The Kier molecular flexibility index (Phi) is 3.61. The molecule has 1 aromatic rings. The van der Waals surface area contributed by atoms with Crippen molar-refractivity contribution in [2.24, 2.45) is 0 Å². The highest BCUT2D eigenvalue weighted by molar-refractivity contribution is 6.31. The summed E-state index contributed by atoms with van der Waals surface area (Å²) >= 11 is 5.54. The van der Waals surface area contributed by atoms with Crippen molar-refractivity contribution in [2.75, 3.05) is 19.7 Å². The topological polar surface area (TPSA) is 21.3 Å². The van der Waals surface area contributed by atoms with Gasteiger partial charge in [-0.1, -0.05) is 17.7 Å². The van der Waals surface area contributed by atoms with Crippen molar-refractivity contribution < 1.29 is 17.9 Å². The molecule has 0 spiro atoms. The minimum Gasteiger partial charge on any atom is -0.371 e. The maximum atomic E-state index is 12.7. The van der Waals surface area contributed by atoms with Gasteiger partial charge in [0.1, 0.15) is 0 Å². The quantitative estimate of drug-likeness (QED) is 0.843. The number of alkyl halides is 3. The Morgan fingerprint density at radius 1 is 1.35 bits per heavy atom. The van der Waals surface area contributed by atoms with E-state index in [1.807, 2.05) is 0 Å². The lowest BCUT2D eigenvalue weighted by Gasteiger charge is -2.24. The van der Waals surface area contributed by atoms with Gasteiger partial charge >= 0.3 is 6.18 Å². The van der Waals surface area contributed by atoms with E-state index < -0.39 is 11.7 Å². The lowest BCUT2D eigenvalue weighted by Crippen LogP contribution is -2.33. The summed E-state index contributed by atoms with van der Waals surface area (Å²) in [6.07, 6.45) is -4.78. The maximum absolute atomic E-state index is 12.7. The Bertz CT molecular complexity index is 402. The van der Waals surface area contributed by atoms with E-state index in [9.17, 15) is 13.2 Å². The fourth-order valence-corrected chi connectivity index (χ4v) is 1.96. The second-order valence-corrected chi connectivity index (χ2v) is 4.21. The van der Waals surface area contributed by atoms with E-state index in [0.29, 0.717) is 18.7 Å². The van der Waals surface area contributed by atoms with Crippen LogP contribution in [0, 0.1) is 0 Å². The Morgan fingerprint density at radius 2 is 2.12 bits per heavy atom. The van der Waals surface area contributed by atoms with Gasteiger partial charge in [0.15, 0.2) is 0 Å². The number of rotatable bonds is 1. The summed E-state index contributed by atoms with van der Waals surface area (Å²) < 4.78 is 43.4. The Morgan fingerprint density at radius 3 is 2.71 bits per heavy atom. The second-order valence-electron chi connectivity index (χ2n) is 3.80. The van der Waals surface area contributed by atoms with E-state index in [0.717, 1.165) is 12.6 Å². The Labute approximate surface area is 102 Å². The van der Waals surface area contributed by atoms with E-state index in [4.69, 9.17) is 16.3 Å².